The molecule has 0 unspecified atom stereocenters. The topological polar surface area (TPSA) is 120 Å². The summed E-state index contributed by atoms with van der Waals surface area (Å²) in [7, 11) is 4.75. The van der Waals surface area contributed by atoms with Crippen molar-refractivity contribution in [1.29, 1.82) is 0 Å². The minimum atomic E-state index is -1.41. The molecule has 1 aliphatic heterocycles. The maximum atomic E-state index is 14.5. The van der Waals surface area contributed by atoms with Gasteiger partial charge in [-0.25, -0.2) is 10.4 Å². The lowest BCUT2D eigenvalue weighted by Crippen LogP contribution is -2.52. The van der Waals surface area contributed by atoms with Gasteiger partial charge in [-0.3, -0.25) is 10.2 Å². The molecule has 5 rings (SSSR count). The molecular weight excluding hydrogens is 610 g/mol. The molecule has 3 N–H and O–H groups in total. The van der Waals surface area contributed by atoms with E-state index < -0.39 is 11.6 Å². The molecule has 0 radical (unpaired) electrons. The average molecular weight is 652 g/mol. The fraction of sp³-hybridized carbons (Fsp3) is 0.263. The van der Waals surface area contributed by atoms with Crippen molar-refractivity contribution in [2.75, 3.05) is 34.5 Å². The number of benzene rings is 4. The van der Waals surface area contributed by atoms with E-state index in [-0.39, 0.29) is 25.5 Å². The molecule has 10 nitrogen and oxygen atoms in total. The van der Waals surface area contributed by atoms with Crippen LogP contribution in [0.2, 0.25) is 0 Å². The van der Waals surface area contributed by atoms with E-state index in [0.717, 1.165) is 16.7 Å². The monoisotopic (exact) mass is 651 g/mol. The van der Waals surface area contributed by atoms with Gasteiger partial charge >= 0.3 is 0 Å². The standard InChI is InChI=1S/C38H41N3O7/c1-44-32-16-7-14-29(25-32)35-38(22-9-13-27-11-5-4-6-12-27,37(43)41-39-26-30-15-8-17-33(45-2)34(30)46-3)40-36(48-35)28-18-20-31(21-19-28)47-24-10-23-42/h4-9,11-21,25,35,39,42H,10,22-24,26H2,1-3H3,(H,41,43)/b13-9+/t35-,38-/m0/s1. The highest BCUT2D eigenvalue weighted by molar-refractivity contribution is 6.01. The quantitative estimate of drug-likeness (QED) is 0.105. The Morgan fingerprint density at radius 2 is 1.71 bits per heavy atom. The fourth-order valence-corrected chi connectivity index (χ4v) is 5.48. The third-order valence-corrected chi connectivity index (χ3v) is 7.93. The summed E-state index contributed by atoms with van der Waals surface area (Å²) < 4.78 is 28.9. The van der Waals surface area contributed by atoms with Crippen molar-refractivity contribution in [1.82, 2.24) is 10.9 Å². The van der Waals surface area contributed by atoms with Gasteiger partial charge in [0.25, 0.3) is 5.91 Å². The first-order valence-corrected chi connectivity index (χ1v) is 15.7. The van der Waals surface area contributed by atoms with Crippen LogP contribution in [0, 0.1) is 0 Å². The van der Waals surface area contributed by atoms with Crippen molar-refractivity contribution in [3.63, 3.8) is 0 Å². The Morgan fingerprint density at radius 1 is 0.917 bits per heavy atom. The first kappa shape index (κ1) is 34.0. The van der Waals surface area contributed by atoms with E-state index in [9.17, 15) is 4.79 Å². The van der Waals surface area contributed by atoms with E-state index in [1.165, 1.54) is 0 Å². The van der Waals surface area contributed by atoms with Gasteiger partial charge in [-0.05, 0) is 53.6 Å². The summed E-state index contributed by atoms with van der Waals surface area (Å²) in [4.78, 5) is 19.5. The number of hydrogen-bond acceptors (Lipinski definition) is 9. The van der Waals surface area contributed by atoms with Crippen molar-refractivity contribution in [3.8, 4) is 23.0 Å². The molecule has 4 aromatic rings. The molecule has 10 heteroatoms. The first-order valence-electron chi connectivity index (χ1n) is 15.7. The van der Waals surface area contributed by atoms with Gasteiger partial charge in [0.05, 0.1) is 27.9 Å². The van der Waals surface area contributed by atoms with Gasteiger partial charge in [0.2, 0.25) is 5.90 Å². The van der Waals surface area contributed by atoms with Crippen LogP contribution >= 0.6 is 0 Å². The second kappa shape index (κ2) is 16.5. The van der Waals surface area contributed by atoms with E-state index in [2.05, 4.69) is 10.9 Å². The Hall–Kier alpha value is -5.32. The van der Waals surface area contributed by atoms with Crippen LogP contribution in [0.3, 0.4) is 0 Å². The number of ether oxygens (including phenoxy) is 5. The molecule has 0 saturated heterocycles. The van der Waals surface area contributed by atoms with Gasteiger partial charge in [0, 0.05) is 37.1 Å². The van der Waals surface area contributed by atoms with E-state index in [1.54, 1.807) is 21.3 Å². The zero-order chi connectivity index (χ0) is 33.8. The number of hydrazine groups is 1. The summed E-state index contributed by atoms with van der Waals surface area (Å²) in [6.45, 7) is 0.719. The molecule has 250 valence electrons. The molecule has 0 spiro atoms. The predicted molar refractivity (Wildman–Crippen MR) is 184 cm³/mol. The number of carbonyl (C=O) groups excluding carboxylic acids is 1. The van der Waals surface area contributed by atoms with Gasteiger partial charge in [-0.2, -0.15) is 0 Å². The number of aliphatic hydroxyl groups excluding tert-OH is 1. The Morgan fingerprint density at radius 3 is 2.44 bits per heavy atom. The van der Waals surface area contributed by atoms with Gasteiger partial charge in [0.15, 0.2) is 23.1 Å². The molecule has 0 aliphatic carbocycles. The highest BCUT2D eigenvalue weighted by Crippen LogP contribution is 2.43. The van der Waals surface area contributed by atoms with Crippen molar-refractivity contribution in [3.05, 3.63) is 125 Å². The number of carbonyl (C=O) groups is 1. The Balaban J connectivity index is 1.51. The first-order chi connectivity index (χ1) is 23.5. The lowest BCUT2D eigenvalue weighted by molar-refractivity contribution is -0.129. The summed E-state index contributed by atoms with van der Waals surface area (Å²) in [5.74, 6) is 2.39. The van der Waals surface area contributed by atoms with Crippen LogP contribution in [0.15, 0.2) is 108 Å². The molecule has 2 atom stereocenters. The number of para-hydroxylation sites is 1. The third-order valence-electron chi connectivity index (χ3n) is 7.93. The second-order valence-electron chi connectivity index (χ2n) is 11.0. The van der Waals surface area contributed by atoms with Crippen molar-refractivity contribution in [2.24, 2.45) is 4.99 Å². The summed E-state index contributed by atoms with van der Waals surface area (Å²) in [5.41, 5.74) is 7.79. The van der Waals surface area contributed by atoms with E-state index in [1.807, 2.05) is 109 Å². The second-order valence-corrected chi connectivity index (χ2v) is 11.0. The molecule has 0 aromatic heterocycles. The number of amides is 1. The van der Waals surface area contributed by atoms with Crippen LogP contribution in [0.1, 0.15) is 41.2 Å². The number of hydrogen-bond donors (Lipinski definition) is 3. The van der Waals surface area contributed by atoms with Crippen LogP contribution in [0.5, 0.6) is 23.0 Å². The van der Waals surface area contributed by atoms with Crippen LogP contribution in [0.25, 0.3) is 6.08 Å². The Labute approximate surface area is 281 Å². The SMILES string of the molecule is COc1cccc([C@@H]2OC(c3ccc(OCCCO)cc3)=N[C@]2(C/C=C/c2ccccc2)C(=O)NNCc2cccc(OC)c2OC)c1. The van der Waals surface area contributed by atoms with Crippen molar-refractivity contribution in [2.45, 2.75) is 31.0 Å². The van der Waals surface area contributed by atoms with Crippen molar-refractivity contribution >= 4 is 17.9 Å². The number of methoxy groups -OCH3 is 3. The maximum absolute atomic E-state index is 14.5. The molecule has 1 aliphatic rings. The van der Waals surface area contributed by atoms with Crippen LogP contribution < -0.4 is 29.8 Å². The fourth-order valence-electron chi connectivity index (χ4n) is 5.48. The lowest BCUT2D eigenvalue weighted by atomic mass is 9.84. The zero-order valence-corrected chi connectivity index (χ0v) is 27.3. The average Bonchev–Trinajstić information content (AvgIpc) is 3.53. The number of aliphatic imine (C=N–C) groups is 1. The summed E-state index contributed by atoms with van der Waals surface area (Å²) in [5, 5.41) is 9.09. The third kappa shape index (κ3) is 7.96. The minimum Gasteiger partial charge on any atom is -0.497 e. The van der Waals surface area contributed by atoms with Crippen LogP contribution in [0.4, 0.5) is 0 Å². The highest BCUT2D eigenvalue weighted by Gasteiger charge is 2.52. The molecule has 48 heavy (non-hydrogen) atoms. The van der Waals surface area contributed by atoms with Crippen LogP contribution in [-0.4, -0.2) is 57.0 Å². The number of nitrogens with zero attached hydrogens (tertiary/aromatic N) is 1. The van der Waals surface area contributed by atoms with E-state index in [4.69, 9.17) is 33.8 Å². The van der Waals surface area contributed by atoms with Gasteiger partial charge in [0.1, 0.15) is 11.5 Å². The zero-order valence-electron chi connectivity index (χ0n) is 27.3. The highest BCUT2D eigenvalue weighted by atomic mass is 16.5. The predicted octanol–water partition coefficient (Wildman–Crippen LogP) is 5.66. The van der Waals surface area contributed by atoms with Crippen molar-refractivity contribution < 1.29 is 33.6 Å². The molecule has 0 bridgehead atoms. The molecule has 0 fully saturated rings. The van der Waals surface area contributed by atoms with Gasteiger partial charge in [-0.15, -0.1) is 0 Å². The molecule has 4 aromatic carbocycles. The lowest BCUT2D eigenvalue weighted by Gasteiger charge is -2.30. The summed E-state index contributed by atoms with van der Waals surface area (Å²) in [6.07, 6.45) is 3.88. The van der Waals surface area contributed by atoms with E-state index >= 15 is 0 Å². The smallest absolute Gasteiger partial charge is 0.266 e. The molecule has 1 heterocycles. The molecule has 0 saturated carbocycles. The maximum Gasteiger partial charge on any atom is 0.266 e. The normalized spacial score (nSPS) is 17.0. The van der Waals surface area contributed by atoms with Gasteiger partial charge < -0.3 is 28.8 Å². The number of nitrogens with one attached hydrogen (secondary N) is 2. The number of aliphatic hydroxyl groups is 1. The molecular formula is C38H41N3O7. The van der Waals surface area contributed by atoms with Gasteiger partial charge in [-0.1, -0.05) is 66.7 Å². The minimum absolute atomic E-state index is 0.0548. The Bertz CT molecular complexity index is 1710. The largest absolute Gasteiger partial charge is 0.497 e. The summed E-state index contributed by atoms with van der Waals surface area (Å²) >= 11 is 0. The Kier molecular flexibility index (Phi) is 11.7. The van der Waals surface area contributed by atoms with Crippen LogP contribution in [-0.2, 0) is 16.1 Å². The number of rotatable bonds is 16. The molecule has 1 amide bonds. The van der Waals surface area contributed by atoms with E-state index in [0.29, 0.717) is 47.5 Å². The summed E-state index contributed by atoms with van der Waals surface area (Å²) in [6, 6.07) is 30.2.